The van der Waals surface area contributed by atoms with Crippen LogP contribution in [0, 0.1) is 10.1 Å². The second-order valence-electron chi connectivity index (χ2n) is 2.56. The van der Waals surface area contributed by atoms with Crippen LogP contribution in [0.3, 0.4) is 0 Å². The van der Waals surface area contributed by atoms with Gasteiger partial charge in [-0.05, 0) is 6.07 Å². The van der Waals surface area contributed by atoms with Crippen LogP contribution >= 0.6 is 0 Å². The molecule has 0 aliphatic carbocycles. The smallest absolute Gasteiger partial charge is 0.287 e. The molecule has 0 aliphatic heterocycles. The van der Waals surface area contributed by atoms with Gasteiger partial charge < -0.3 is 5.73 Å². The van der Waals surface area contributed by atoms with Gasteiger partial charge >= 0.3 is 0 Å². The molecule has 1 aromatic rings. The summed E-state index contributed by atoms with van der Waals surface area (Å²) in [6.45, 7) is 0. The van der Waals surface area contributed by atoms with Crippen molar-refractivity contribution in [3.63, 3.8) is 0 Å². The third-order valence-corrected chi connectivity index (χ3v) is 1.59. The van der Waals surface area contributed by atoms with Crippen molar-refractivity contribution in [2.24, 2.45) is 5.73 Å². The third kappa shape index (κ3) is 2.19. The van der Waals surface area contributed by atoms with E-state index < -0.39 is 17.4 Å². The number of aromatic nitrogens is 1. The monoisotopic (exact) mass is 203 g/mol. The number of nitrogens with zero attached hydrogens (tertiary/aromatic N) is 2. The third-order valence-electron chi connectivity index (χ3n) is 1.59. The average Bonchev–Trinajstić information content (AvgIpc) is 2.16. The Bertz CT molecular complexity index is 328. The zero-order valence-corrected chi connectivity index (χ0v) is 6.93. The van der Waals surface area contributed by atoms with Crippen molar-refractivity contribution in [2.75, 3.05) is 0 Å². The van der Waals surface area contributed by atoms with Gasteiger partial charge in [-0.1, -0.05) is 0 Å². The largest absolute Gasteiger partial charge is 0.318 e. The van der Waals surface area contributed by atoms with E-state index in [1.807, 2.05) is 0 Å². The molecule has 1 aromatic heterocycles. The van der Waals surface area contributed by atoms with Gasteiger partial charge in [-0.2, -0.15) is 0 Å². The quantitative estimate of drug-likeness (QED) is 0.592. The predicted octanol–water partition coefficient (Wildman–Crippen LogP) is 1.25. The Morgan fingerprint density at radius 2 is 2.14 bits per heavy atom. The Labute approximate surface area is 77.7 Å². The van der Waals surface area contributed by atoms with E-state index in [2.05, 4.69) is 4.98 Å². The van der Waals surface area contributed by atoms with E-state index >= 15 is 0 Å². The number of nitro groups is 1. The molecule has 1 rings (SSSR count). The van der Waals surface area contributed by atoms with Crippen LogP contribution in [-0.4, -0.2) is 16.3 Å². The minimum Gasteiger partial charge on any atom is -0.318 e. The minimum absolute atomic E-state index is 0.0643. The second-order valence-corrected chi connectivity index (χ2v) is 2.56. The van der Waals surface area contributed by atoms with Crippen molar-refractivity contribution in [3.8, 4) is 0 Å². The van der Waals surface area contributed by atoms with Crippen molar-refractivity contribution < 1.29 is 13.7 Å². The number of hydrogen-bond donors (Lipinski definition) is 1. The molecule has 1 unspecified atom stereocenters. The number of rotatable bonds is 3. The van der Waals surface area contributed by atoms with Crippen molar-refractivity contribution >= 4 is 5.69 Å². The zero-order chi connectivity index (χ0) is 10.7. The molecule has 14 heavy (non-hydrogen) atoms. The van der Waals surface area contributed by atoms with Crippen LogP contribution in [0.15, 0.2) is 18.3 Å². The Morgan fingerprint density at radius 3 is 2.50 bits per heavy atom. The van der Waals surface area contributed by atoms with Gasteiger partial charge in [0.15, 0.2) is 0 Å². The van der Waals surface area contributed by atoms with Crippen LogP contribution in [0.25, 0.3) is 0 Å². The van der Waals surface area contributed by atoms with Crippen molar-refractivity contribution in [2.45, 2.75) is 12.5 Å². The molecule has 7 heteroatoms. The first-order valence-corrected chi connectivity index (χ1v) is 3.66. The van der Waals surface area contributed by atoms with E-state index in [-0.39, 0.29) is 11.4 Å². The SMILES string of the molecule is NC(c1ccc([N+](=O)[O-])cn1)C(F)F. The maximum absolute atomic E-state index is 12.1. The fourth-order valence-corrected chi connectivity index (χ4v) is 0.832. The Morgan fingerprint density at radius 1 is 1.50 bits per heavy atom. The fraction of sp³-hybridized carbons (Fsp3) is 0.286. The summed E-state index contributed by atoms with van der Waals surface area (Å²) in [6, 6.07) is 0.704. The molecule has 0 aliphatic rings. The lowest BCUT2D eigenvalue weighted by molar-refractivity contribution is -0.385. The molecule has 1 atom stereocenters. The van der Waals surface area contributed by atoms with E-state index in [9.17, 15) is 18.9 Å². The van der Waals surface area contributed by atoms with E-state index in [1.165, 1.54) is 0 Å². The molecule has 0 saturated carbocycles. The molecule has 0 aromatic carbocycles. The molecular weight excluding hydrogens is 196 g/mol. The van der Waals surface area contributed by atoms with E-state index in [4.69, 9.17) is 5.73 Å². The van der Waals surface area contributed by atoms with Crippen LogP contribution < -0.4 is 5.73 Å². The van der Waals surface area contributed by atoms with Gasteiger partial charge in [0, 0.05) is 6.07 Å². The summed E-state index contributed by atoms with van der Waals surface area (Å²) in [5.74, 6) is 0. The van der Waals surface area contributed by atoms with Gasteiger partial charge in [-0.3, -0.25) is 15.1 Å². The summed E-state index contributed by atoms with van der Waals surface area (Å²) in [7, 11) is 0. The Kier molecular flexibility index (Phi) is 3.03. The number of pyridine rings is 1. The summed E-state index contributed by atoms with van der Waals surface area (Å²) in [4.78, 5) is 13.0. The van der Waals surface area contributed by atoms with Gasteiger partial charge in [0.05, 0.1) is 10.6 Å². The molecule has 0 fully saturated rings. The molecule has 0 saturated heterocycles. The molecule has 0 radical (unpaired) electrons. The fourth-order valence-electron chi connectivity index (χ4n) is 0.832. The zero-order valence-electron chi connectivity index (χ0n) is 6.93. The van der Waals surface area contributed by atoms with Gasteiger partial charge in [0.25, 0.3) is 12.1 Å². The highest BCUT2D eigenvalue weighted by Gasteiger charge is 2.19. The lowest BCUT2D eigenvalue weighted by Gasteiger charge is -2.08. The number of nitrogens with two attached hydrogens (primary N) is 1. The molecule has 76 valence electrons. The van der Waals surface area contributed by atoms with Crippen molar-refractivity contribution in [1.82, 2.24) is 4.98 Å². The summed E-state index contributed by atoms with van der Waals surface area (Å²) >= 11 is 0. The lowest BCUT2D eigenvalue weighted by Crippen LogP contribution is -2.20. The van der Waals surface area contributed by atoms with E-state index in [1.54, 1.807) is 0 Å². The molecule has 0 bridgehead atoms. The van der Waals surface area contributed by atoms with Gasteiger partial charge in [0.2, 0.25) is 0 Å². The first-order valence-electron chi connectivity index (χ1n) is 3.66. The summed E-state index contributed by atoms with van der Waals surface area (Å²) in [6.07, 6.45) is -1.83. The number of alkyl halides is 2. The highest BCUT2D eigenvalue weighted by molar-refractivity contribution is 5.27. The van der Waals surface area contributed by atoms with Crippen LogP contribution in [0.4, 0.5) is 14.5 Å². The van der Waals surface area contributed by atoms with E-state index in [0.717, 1.165) is 18.3 Å². The predicted molar refractivity (Wildman–Crippen MR) is 43.8 cm³/mol. The van der Waals surface area contributed by atoms with Crippen LogP contribution in [-0.2, 0) is 0 Å². The maximum atomic E-state index is 12.1. The Hall–Kier alpha value is -1.63. The summed E-state index contributed by atoms with van der Waals surface area (Å²) in [5.41, 5.74) is 4.76. The van der Waals surface area contributed by atoms with Crippen LogP contribution in [0.2, 0.25) is 0 Å². The van der Waals surface area contributed by atoms with Gasteiger partial charge in [-0.15, -0.1) is 0 Å². The van der Waals surface area contributed by atoms with Crippen molar-refractivity contribution in [3.05, 3.63) is 34.1 Å². The van der Waals surface area contributed by atoms with Crippen molar-refractivity contribution in [1.29, 1.82) is 0 Å². The average molecular weight is 203 g/mol. The second kappa shape index (κ2) is 4.05. The Balaban J connectivity index is 2.88. The highest BCUT2D eigenvalue weighted by atomic mass is 19.3. The lowest BCUT2D eigenvalue weighted by atomic mass is 10.2. The first kappa shape index (κ1) is 10.5. The topological polar surface area (TPSA) is 82.0 Å². The first-order chi connectivity index (χ1) is 6.52. The highest BCUT2D eigenvalue weighted by Crippen LogP contribution is 2.17. The number of halogens is 2. The summed E-state index contributed by atoms with van der Waals surface area (Å²) in [5, 5.41) is 10.2. The van der Waals surface area contributed by atoms with Crippen LogP contribution in [0.5, 0.6) is 0 Å². The molecule has 0 spiro atoms. The van der Waals surface area contributed by atoms with Gasteiger partial charge in [-0.25, -0.2) is 8.78 Å². The van der Waals surface area contributed by atoms with Crippen LogP contribution in [0.1, 0.15) is 11.7 Å². The molecular formula is C7H7F2N3O2. The standard InChI is InChI=1S/C7H7F2N3O2/c8-7(9)6(10)5-2-1-4(3-11-5)12(13)14/h1-3,6-7H,10H2. The van der Waals surface area contributed by atoms with E-state index in [0.29, 0.717) is 0 Å². The van der Waals surface area contributed by atoms with Gasteiger partial charge in [0.1, 0.15) is 12.2 Å². The molecule has 1 heterocycles. The molecule has 2 N–H and O–H groups in total. The number of hydrogen-bond acceptors (Lipinski definition) is 4. The minimum atomic E-state index is -2.73. The molecule has 0 amide bonds. The maximum Gasteiger partial charge on any atom is 0.287 e. The molecule has 5 nitrogen and oxygen atoms in total. The normalized spacial score (nSPS) is 12.9. The summed E-state index contributed by atoms with van der Waals surface area (Å²) < 4.78 is 24.1.